The molecule has 0 saturated heterocycles. The topological polar surface area (TPSA) is 43.4 Å². The first-order valence-electron chi connectivity index (χ1n) is 7.20. The molecule has 3 nitrogen and oxygen atoms in total. The summed E-state index contributed by atoms with van der Waals surface area (Å²) >= 11 is 0. The first kappa shape index (κ1) is 15.7. The molecular weight excluding hydrogens is 276 g/mol. The predicted molar refractivity (Wildman–Crippen MR) is 85.5 cm³/mol. The summed E-state index contributed by atoms with van der Waals surface area (Å²) in [6.45, 7) is 3.35. The maximum atomic E-state index is 12.4. The highest BCUT2D eigenvalue weighted by atomic mass is 16.5. The first-order chi connectivity index (χ1) is 10.7. The fraction of sp³-hybridized carbons (Fsp3) is 0.158. The van der Waals surface area contributed by atoms with E-state index < -0.39 is 0 Å². The minimum absolute atomic E-state index is 0.00789. The summed E-state index contributed by atoms with van der Waals surface area (Å²) in [4.78, 5) is 23.6. The number of carbonyl (C=O) groups excluding carboxylic acids is 2. The van der Waals surface area contributed by atoms with Gasteiger partial charge in [0.15, 0.2) is 5.78 Å². The van der Waals surface area contributed by atoms with E-state index in [4.69, 9.17) is 0 Å². The van der Waals surface area contributed by atoms with Gasteiger partial charge >= 0.3 is 5.97 Å². The summed E-state index contributed by atoms with van der Waals surface area (Å²) < 4.78 is 4.67. The average molecular weight is 294 g/mol. The van der Waals surface area contributed by atoms with Crippen LogP contribution in [0.3, 0.4) is 0 Å². The Hall–Kier alpha value is -2.68. The number of carbonyl (C=O) groups is 2. The number of aryl methyl sites for hydroxylation is 1. The van der Waals surface area contributed by atoms with Crippen molar-refractivity contribution >= 4 is 11.8 Å². The fourth-order valence-electron chi connectivity index (χ4n) is 2.21. The lowest BCUT2D eigenvalue weighted by molar-refractivity contribution is -0.138. The molecule has 112 valence electrons. The van der Waals surface area contributed by atoms with Gasteiger partial charge in [-0.1, -0.05) is 55.1 Å². The summed E-state index contributed by atoms with van der Waals surface area (Å²) in [5.74, 6) is -0.278. The zero-order valence-corrected chi connectivity index (χ0v) is 12.3. The van der Waals surface area contributed by atoms with Crippen molar-refractivity contribution in [1.29, 1.82) is 0 Å². The number of benzene rings is 2. The molecule has 2 aromatic rings. The number of hydrogen-bond acceptors (Lipinski definition) is 3. The Kier molecular flexibility index (Phi) is 5.66. The monoisotopic (exact) mass is 294 g/mol. The van der Waals surface area contributed by atoms with E-state index >= 15 is 0 Å². The van der Waals surface area contributed by atoms with Gasteiger partial charge in [-0.05, 0) is 24.5 Å². The molecule has 2 aromatic carbocycles. The first-order valence-corrected chi connectivity index (χ1v) is 7.20. The zero-order valence-electron chi connectivity index (χ0n) is 12.3. The molecule has 0 heterocycles. The van der Waals surface area contributed by atoms with Crippen molar-refractivity contribution in [2.75, 3.05) is 0 Å². The van der Waals surface area contributed by atoms with Gasteiger partial charge in [0, 0.05) is 17.5 Å². The van der Waals surface area contributed by atoms with Gasteiger partial charge in [-0.25, -0.2) is 0 Å². The Bertz CT molecular complexity index is 659. The largest absolute Gasteiger partial charge is 0.435 e. The normalized spacial score (nSPS) is 10.0. The van der Waals surface area contributed by atoms with E-state index in [-0.39, 0.29) is 11.8 Å². The van der Waals surface area contributed by atoms with Gasteiger partial charge in [-0.2, -0.15) is 0 Å². The van der Waals surface area contributed by atoms with E-state index in [0.29, 0.717) is 24.0 Å². The van der Waals surface area contributed by atoms with Gasteiger partial charge in [-0.3, -0.25) is 9.59 Å². The third-order valence-corrected chi connectivity index (χ3v) is 3.29. The Labute approximate surface area is 130 Å². The summed E-state index contributed by atoms with van der Waals surface area (Å²) in [5, 5.41) is 0. The van der Waals surface area contributed by atoms with Crippen molar-refractivity contribution in [2.45, 2.75) is 19.3 Å². The molecular formula is C19H18O3. The molecule has 0 aromatic heterocycles. The molecule has 0 N–H and O–H groups in total. The van der Waals surface area contributed by atoms with Crippen LogP contribution in [0.4, 0.5) is 0 Å². The van der Waals surface area contributed by atoms with Gasteiger partial charge in [0.25, 0.3) is 0 Å². The van der Waals surface area contributed by atoms with Crippen molar-refractivity contribution in [3.8, 4) is 0 Å². The second-order valence-electron chi connectivity index (χ2n) is 4.91. The Morgan fingerprint density at radius 3 is 2.45 bits per heavy atom. The van der Waals surface area contributed by atoms with E-state index in [1.54, 1.807) is 12.1 Å². The summed E-state index contributed by atoms with van der Waals surface area (Å²) in [6, 6.07) is 16.7. The molecule has 0 fully saturated rings. The second kappa shape index (κ2) is 7.93. The lowest BCUT2D eigenvalue weighted by Gasteiger charge is -2.05. The van der Waals surface area contributed by atoms with Crippen LogP contribution in [0.5, 0.6) is 0 Å². The molecule has 0 atom stereocenters. The van der Waals surface area contributed by atoms with E-state index in [9.17, 15) is 9.59 Å². The molecule has 0 saturated carbocycles. The molecule has 0 amide bonds. The quantitative estimate of drug-likeness (QED) is 0.441. The zero-order chi connectivity index (χ0) is 15.8. The highest BCUT2D eigenvalue weighted by Crippen LogP contribution is 2.13. The Morgan fingerprint density at radius 1 is 1.00 bits per heavy atom. The molecule has 0 aliphatic rings. The van der Waals surface area contributed by atoms with Crippen LogP contribution in [0.25, 0.3) is 0 Å². The van der Waals surface area contributed by atoms with Gasteiger partial charge in [0.05, 0.1) is 6.26 Å². The van der Waals surface area contributed by atoms with E-state index in [2.05, 4.69) is 11.3 Å². The minimum atomic E-state index is -0.286. The van der Waals surface area contributed by atoms with Crippen LogP contribution in [0.15, 0.2) is 67.4 Å². The molecule has 2 rings (SSSR count). The fourth-order valence-corrected chi connectivity index (χ4v) is 2.21. The van der Waals surface area contributed by atoms with Crippen molar-refractivity contribution < 1.29 is 14.3 Å². The number of ketones is 1. The highest BCUT2D eigenvalue weighted by molar-refractivity contribution is 6.09. The molecule has 22 heavy (non-hydrogen) atoms. The summed E-state index contributed by atoms with van der Waals surface area (Å²) in [7, 11) is 0. The lowest BCUT2D eigenvalue weighted by atomic mass is 9.99. The van der Waals surface area contributed by atoms with Gasteiger partial charge in [0.1, 0.15) is 0 Å². The van der Waals surface area contributed by atoms with E-state index in [1.807, 2.05) is 42.5 Å². The molecule has 0 spiro atoms. The maximum Gasteiger partial charge on any atom is 0.310 e. The second-order valence-corrected chi connectivity index (χ2v) is 4.91. The van der Waals surface area contributed by atoms with Crippen molar-refractivity contribution in [1.82, 2.24) is 0 Å². The van der Waals surface area contributed by atoms with Crippen LogP contribution in [-0.2, 0) is 16.0 Å². The summed E-state index contributed by atoms with van der Waals surface area (Å²) in [6.07, 6.45) is 2.88. The standard InChI is InChI=1S/C19H18O3/c1-2-22-18(20)13-7-9-15-8-6-12-17(14-15)19(21)16-10-4-3-5-11-16/h2-6,8,10-12,14H,1,7,9,13H2. The average Bonchev–Trinajstić information content (AvgIpc) is 2.55. The predicted octanol–water partition coefficient (Wildman–Crippen LogP) is 3.93. The SMILES string of the molecule is C=COC(=O)CCCc1cccc(C(=O)c2ccccc2)c1. The highest BCUT2D eigenvalue weighted by Gasteiger charge is 2.09. The molecule has 0 aliphatic carbocycles. The number of rotatable bonds is 7. The Morgan fingerprint density at radius 2 is 1.73 bits per heavy atom. The van der Waals surface area contributed by atoms with Crippen LogP contribution in [-0.4, -0.2) is 11.8 Å². The third kappa shape index (κ3) is 4.42. The van der Waals surface area contributed by atoms with Crippen molar-refractivity contribution in [3.05, 3.63) is 84.1 Å². The minimum Gasteiger partial charge on any atom is -0.435 e. The smallest absolute Gasteiger partial charge is 0.310 e. The molecule has 0 bridgehead atoms. The number of ether oxygens (including phenoxy) is 1. The van der Waals surface area contributed by atoms with Crippen LogP contribution >= 0.6 is 0 Å². The summed E-state index contributed by atoms with van der Waals surface area (Å²) in [5.41, 5.74) is 2.37. The number of hydrogen-bond donors (Lipinski definition) is 0. The molecule has 0 unspecified atom stereocenters. The van der Waals surface area contributed by atoms with Crippen molar-refractivity contribution in [2.24, 2.45) is 0 Å². The van der Waals surface area contributed by atoms with Crippen LogP contribution in [0.2, 0.25) is 0 Å². The van der Waals surface area contributed by atoms with Gasteiger partial charge < -0.3 is 4.74 Å². The van der Waals surface area contributed by atoms with Crippen LogP contribution in [0, 0.1) is 0 Å². The van der Waals surface area contributed by atoms with E-state index in [0.717, 1.165) is 18.2 Å². The van der Waals surface area contributed by atoms with Crippen LogP contribution in [0.1, 0.15) is 34.3 Å². The number of esters is 1. The molecule has 0 radical (unpaired) electrons. The maximum absolute atomic E-state index is 12.4. The Balaban J connectivity index is 1.99. The van der Waals surface area contributed by atoms with Gasteiger partial charge in [-0.15, -0.1) is 0 Å². The van der Waals surface area contributed by atoms with Gasteiger partial charge in [0.2, 0.25) is 0 Å². The van der Waals surface area contributed by atoms with Crippen LogP contribution < -0.4 is 0 Å². The molecule has 0 aliphatic heterocycles. The van der Waals surface area contributed by atoms with E-state index in [1.165, 1.54) is 0 Å². The van der Waals surface area contributed by atoms with Crippen molar-refractivity contribution in [3.63, 3.8) is 0 Å². The lowest BCUT2D eigenvalue weighted by Crippen LogP contribution is -2.03. The molecule has 3 heteroatoms. The third-order valence-electron chi connectivity index (χ3n) is 3.29.